The summed E-state index contributed by atoms with van der Waals surface area (Å²) >= 11 is 0. The second-order valence-corrected chi connectivity index (χ2v) is 6.92. The van der Waals surface area contributed by atoms with Crippen LogP contribution in [0.4, 0.5) is 5.69 Å². The molecule has 1 aromatic heterocycles. The molecule has 1 fully saturated rings. The summed E-state index contributed by atoms with van der Waals surface area (Å²) in [6.07, 6.45) is 1.78. The van der Waals surface area contributed by atoms with E-state index in [0.29, 0.717) is 31.5 Å². The molecule has 3 rings (SSSR count). The lowest BCUT2D eigenvalue weighted by Gasteiger charge is -2.19. The first-order valence-electron chi connectivity index (χ1n) is 9.08. The topological polar surface area (TPSA) is 153 Å². The van der Waals surface area contributed by atoms with Gasteiger partial charge in [0, 0.05) is 18.2 Å². The van der Waals surface area contributed by atoms with Gasteiger partial charge in [0.2, 0.25) is 11.8 Å². The van der Waals surface area contributed by atoms with Gasteiger partial charge in [0.1, 0.15) is 24.3 Å². The quantitative estimate of drug-likeness (QED) is 0.486. The molecule has 3 atom stereocenters. The third-order valence-corrected chi connectivity index (χ3v) is 5.07. The maximum atomic E-state index is 12.7. The highest BCUT2D eigenvalue weighted by molar-refractivity contribution is 5.83. The zero-order valence-corrected chi connectivity index (χ0v) is 15.1. The van der Waals surface area contributed by atoms with Crippen molar-refractivity contribution in [2.75, 3.05) is 18.4 Å². The molecule has 148 valence electrons. The lowest BCUT2D eigenvalue weighted by molar-refractivity contribution is -0.135. The maximum Gasteiger partial charge on any atom is 0.322 e. The summed E-state index contributed by atoms with van der Waals surface area (Å²) in [6.45, 7) is 0.151. The van der Waals surface area contributed by atoms with Crippen LogP contribution in [0.1, 0.15) is 31.0 Å². The number of carboxylic acids is 1. The summed E-state index contributed by atoms with van der Waals surface area (Å²) in [5, 5.41) is 26.0. The molecule has 4 N–H and O–H groups in total. The number of carboxylic acid groups (broad SMARTS) is 1. The molecular formula is C18H21N5O5. The standard InChI is InChI=1S/C18H21N5O5/c19-8-11(7-10-5-6-20-16(10)26)22-17(27)14-4-2-12-1-3-13(18(28)23(12)14)21-9-15(24)25/h1,3,10-11,14,21H,2,4-7,9H2,(H,20,26)(H,22,27)(H,24,25). The number of hydrogen-bond acceptors (Lipinski definition) is 6. The van der Waals surface area contributed by atoms with Gasteiger partial charge < -0.3 is 21.1 Å². The van der Waals surface area contributed by atoms with Crippen molar-refractivity contribution in [2.24, 2.45) is 5.92 Å². The van der Waals surface area contributed by atoms with Gasteiger partial charge in [-0.3, -0.25) is 23.7 Å². The van der Waals surface area contributed by atoms with E-state index in [1.807, 2.05) is 6.07 Å². The van der Waals surface area contributed by atoms with Crippen molar-refractivity contribution in [3.05, 3.63) is 28.2 Å². The molecule has 2 aliphatic heterocycles. The maximum absolute atomic E-state index is 12.7. The van der Waals surface area contributed by atoms with Crippen LogP contribution < -0.4 is 21.5 Å². The number of anilines is 1. The summed E-state index contributed by atoms with van der Waals surface area (Å²) in [5.74, 6) is -1.99. The number of nitriles is 1. The van der Waals surface area contributed by atoms with E-state index in [1.54, 1.807) is 6.07 Å². The average Bonchev–Trinajstić information content (AvgIpc) is 3.27. The highest BCUT2D eigenvalue weighted by Gasteiger charge is 2.33. The van der Waals surface area contributed by atoms with Crippen molar-refractivity contribution in [1.82, 2.24) is 15.2 Å². The Morgan fingerprint density at radius 3 is 2.79 bits per heavy atom. The van der Waals surface area contributed by atoms with Crippen molar-refractivity contribution in [3.63, 3.8) is 0 Å². The fourth-order valence-electron chi connectivity index (χ4n) is 3.67. The van der Waals surface area contributed by atoms with Crippen LogP contribution in [0, 0.1) is 17.2 Å². The molecule has 0 radical (unpaired) electrons. The molecule has 3 heterocycles. The van der Waals surface area contributed by atoms with Crippen LogP contribution in [0.15, 0.2) is 16.9 Å². The number of aliphatic carboxylic acids is 1. The fourth-order valence-corrected chi connectivity index (χ4v) is 3.67. The predicted molar refractivity (Wildman–Crippen MR) is 97.5 cm³/mol. The van der Waals surface area contributed by atoms with Crippen LogP contribution in [0.5, 0.6) is 0 Å². The lowest BCUT2D eigenvalue weighted by Crippen LogP contribution is -2.42. The smallest absolute Gasteiger partial charge is 0.322 e. The van der Waals surface area contributed by atoms with Crippen molar-refractivity contribution in [2.45, 2.75) is 37.8 Å². The first-order valence-corrected chi connectivity index (χ1v) is 9.08. The van der Waals surface area contributed by atoms with Crippen LogP contribution >= 0.6 is 0 Å². The van der Waals surface area contributed by atoms with Crippen molar-refractivity contribution < 1.29 is 19.5 Å². The van der Waals surface area contributed by atoms with Crippen molar-refractivity contribution in [1.29, 1.82) is 5.26 Å². The molecule has 0 bridgehead atoms. The zero-order valence-electron chi connectivity index (χ0n) is 15.1. The summed E-state index contributed by atoms with van der Waals surface area (Å²) in [5.41, 5.74) is 0.306. The van der Waals surface area contributed by atoms with E-state index in [0.717, 1.165) is 0 Å². The van der Waals surface area contributed by atoms with Crippen molar-refractivity contribution in [3.8, 4) is 6.07 Å². The van der Waals surface area contributed by atoms with Crippen molar-refractivity contribution >= 4 is 23.5 Å². The van der Waals surface area contributed by atoms with Gasteiger partial charge in [-0.2, -0.15) is 5.26 Å². The highest BCUT2D eigenvalue weighted by Crippen LogP contribution is 2.25. The SMILES string of the molecule is N#CC(CC1CCNC1=O)NC(=O)C1CCc2ccc(NCC(=O)O)c(=O)n21. The number of hydrogen-bond donors (Lipinski definition) is 4. The molecule has 1 saturated heterocycles. The van der Waals surface area contributed by atoms with E-state index >= 15 is 0 Å². The highest BCUT2D eigenvalue weighted by atomic mass is 16.4. The molecule has 2 amide bonds. The Morgan fingerprint density at radius 2 is 2.14 bits per heavy atom. The Morgan fingerprint density at radius 1 is 1.36 bits per heavy atom. The molecule has 1 aromatic rings. The fraction of sp³-hybridized carbons (Fsp3) is 0.500. The van der Waals surface area contributed by atoms with E-state index in [9.17, 15) is 24.4 Å². The Bertz CT molecular complexity index is 903. The van der Waals surface area contributed by atoms with Crippen LogP contribution in [-0.2, 0) is 20.8 Å². The monoisotopic (exact) mass is 387 g/mol. The van der Waals surface area contributed by atoms with Crippen LogP contribution in [0.3, 0.4) is 0 Å². The molecule has 0 saturated carbocycles. The molecular weight excluding hydrogens is 366 g/mol. The van der Waals surface area contributed by atoms with Gasteiger partial charge in [-0.05, 0) is 37.8 Å². The number of aromatic nitrogens is 1. The number of pyridine rings is 1. The summed E-state index contributed by atoms with van der Waals surface area (Å²) < 4.78 is 1.34. The number of nitrogens with one attached hydrogen (secondary N) is 3. The molecule has 2 aliphatic rings. The molecule has 3 unspecified atom stereocenters. The second kappa shape index (κ2) is 8.12. The Labute approximate surface area is 160 Å². The van der Waals surface area contributed by atoms with E-state index in [-0.39, 0.29) is 23.9 Å². The lowest BCUT2D eigenvalue weighted by atomic mass is 9.99. The minimum absolute atomic E-state index is 0.102. The summed E-state index contributed by atoms with van der Waals surface area (Å²) in [7, 11) is 0. The van der Waals surface area contributed by atoms with Crippen LogP contribution in [-0.4, -0.2) is 46.6 Å². The molecule has 10 nitrogen and oxygen atoms in total. The number of aryl methyl sites for hydroxylation is 1. The third-order valence-electron chi connectivity index (χ3n) is 5.07. The average molecular weight is 387 g/mol. The number of fused-ring (bicyclic) bond motifs is 1. The van der Waals surface area contributed by atoms with E-state index < -0.39 is 36.1 Å². The second-order valence-electron chi connectivity index (χ2n) is 6.92. The van der Waals surface area contributed by atoms with Gasteiger partial charge in [0.15, 0.2) is 0 Å². The van der Waals surface area contributed by atoms with E-state index in [2.05, 4.69) is 16.0 Å². The summed E-state index contributed by atoms with van der Waals surface area (Å²) in [4.78, 5) is 47.8. The predicted octanol–water partition coefficient (Wildman–Crippen LogP) is -0.633. The van der Waals surface area contributed by atoms with Gasteiger partial charge in [0.25, 0.3) is 5.56 Å². The Hall–Kier alpha value is -3.35. The van der Waals surface area contributed by atoms with Gasteiger partial charge in [-0.1, -0.05) is 0 Å². The zero-order chi connectivity index (χ0) is 20.3. The van der Waals surface area contributed by atoms with E-state index in [4.69, 9.17) is 5.11 Å². The number of carbonyl (C=O) groups is 3. The van der Waals surface area contributed by atoms with Gasteiger partial charge in [-0.25, -0.2) is 0 Å². The van der Waals surface area contributed by atoms with Gasteiger partial charge in [-0.15, -0.1) is 0 Å². The first-order chi connectivity index (χ1) is 13.4. The summed E-state index contributed by atoms with van der Waals surface area (Å²) in [6, 6.07) is 3.60. The van der Waals surface area contributed by atoms with Gasteiger partial charge >= 0.3 is 5.97 Å². The first kappa shape index (κ1) is 19.4. The normalized spacial score (nSPS) is 21.3. The largest absolute Gasteiger partial charge is 0.480 e. The number of amides is 2. The Balaban J connectivity index is 1.73. The van der Waals surface area contributed by atoms with Crippen LogP contribution in [0.2, 0.25) is 0 Å². The minimum atomic E-state index is -1.10. The van der Waals surface area contributed by atoms with E-state index in [1.165, 1.54) is 10.6 Å². The molecule has 28 heavy (non-hydrogen) atoms. The van der Waals surface area contributed by atoms with Gasteiger partial charge in [0.05, 0.1) is 6.07 Å². The molecule has 0 aromatic carbocycles. The number of carbonyl (C=O) groups excluding carboxylic acids is 2. The molecule has 0 aliphatic carbocycles. The molecule has 10 heteroatoms. The third kappa shape index (κ3) is 3.98. The minimum Gasteiger partial charge on any atom is -0.480 e. The number of rotatable bonds is 7. The van der Waals surface area contributed by atoms with Crippen LogP contribution in [0.25, 0.3) is 0 Å². The molecule has 0 spiro atoms. The Kier molecular flexibility index (Phi) is 5.63. The number of nitrogens with zero attached hydrogens (tertiary/aromatic N) is 2.